The van der Waals surface area contributed by atoms with Gasteiger partial charge in [-0.2, -0.15) is 5.26 Å². The van der Waals surface area contributed by atoms with Crippen molar-refractivity contribution in [1.29, 1.82) is 5.26 Å². The van der Waals surface area contributed by atoms with Crippen molar-refractivity contribution in [3.05, 3.63) is 29.6 Å². The van der Waals surface area contributed by atoms with Crippen LogP contribution in [0.4, 0.5) is 0 Å². The van der Waals surface area contributed by atoms with Gasteiger partial charge in [-0.05, 0) is 24.5 Å². The number of hydrogen-bond acceptors (Lipinski definition) is 3. The van der Waals surface area contributed by atoms with Gasteiger partial charge in [-0.15, -0.1) is 0 Å². The maximum atomic E-state index is 11.7. The van der Waals surface area contributed by atoms with Crippen molar-refractivity contribution in [2.45, 2.75) is 26.7 Å². The Morgan fingerprint density at radius 2 is 2.27 bits per heavy atom. The molecule has 1 aromatic heterocycles. The van der Waals surface area contributed by atoms with Crippen molar-refractivity contribution >= 4 is 5.78 Å². The summed E-state index contributed by atoms with van der Waals surface area (Å²) in [5.74, 6) is -0.743. The van der Waals surface area contributed by atoms with E-state index in [0.29, 0.717) is 12.1 Å². The van der Waals surface area contributed by atoms with Crippen molar-refractivity contribution in [2.24, 2.45) is 5.92 Å². The zero-order valence-electron chi connectivity index (χ0n) is 9.03. The maximum absolute atomic E-state index is 11.7. The van der Waals surface area contributed by atoms with Gasteiger partial charge in [0.15, 0.2) is 5.78 Å². The molecule has 3 nitrogen and oxygen atoms in total. The highest BCUT2D eigenvalue weighted by Gasteiger charge is 2.18. The molecule has 0 aliphatic carbocycles. The summed E-state index contributed by atoms with van der Waals surface area (Å²) in [4.78, 5) is 15.8. The fourth-order valence-electron chi connectivity index (χ4n) is 1.29. The molecule has 15 heavy (non-hydrogen) atoms. The Morgan fingerprint density at radius 1 is 1.53 bits per heavy atom. The number of carbonyl (C=O) groups excluding carboxylic acids is 1. The van der Waals surface area contributed by atoms with E-state index in [0.717, 1.165) is 12.0 Å². The number of Topliss-reactive ketones (excluding diaryl/α,β-unsaturated/α-hetero) is 1. The second-order valence-corrected chi connectivity index (χ2v) is 3.36. The molecule has 0 amide bonds. The fraction of sp³-hybridized carbons (Fsp3) is 0.417. The van der Waals surface area contributed by atoms with Crippen LogP contribution in [-0.4, -0.2) is 10.8 Å². The Hall–Kier alpha value is -1.69. The summed E-state index contributed by atoms with van der Waals surface area (Å²) in [7, 11) is 0. The summed E-state index contributed by atoms with van der Waals surface area (Å²) < 4.78 is 0. The summed E-state index contributed by atoms with van der Waals surface area (Å²) in [6, 6.07) is 5.56. The molecule has 1 unspecified atom stereocenters. The first-order valence-corrected chi connectivity index (χ1v) is 5.11. The largest absolute Gasteiger partial charge is 0.291 e. The van der Waals surface area contributed by atoms with Gasteiger partial charge in [0, 0.05) is 6.20 Å². The number of rotatable bonds is 4. The van der Waals surface area contributed by atoms with Crippen molar-refractivity contribution in [3.8, 4) is 6.07 Å². The molecule has 0 aliphatic heterocycles. The lowest BCUT2D eigenvalue weighted by Crippen LogP contribution is -2.13. The zero-order valence-corrected chi connectivity index (χ0v) is 9.03. The maximum Gasteiger partial charge on any atom is 0.198 e. The molecular formula is C12H14N2O. The second kappa shape index (κ2) is 5.26. The number of nitrogens with zero attached hydrogens (tertiary/aromatic N) is 2. The van der Waals surface area contributed by atoms with Crippen molar-refractivity contribution in [2.75, 3.05) is 0 Å². The highest BCUT2D eigenvalue weighted by Crippen LogP contribution is 2.10. The minimum absolute atomic E-state index is 0.178. The SMILES string of the molecule is CCc1ccc(C(=O)C(C#N)CC)nc1. The third-order valence-corrected chi connectivity index (χ3v) is 2.37. The van der Waals surface area contributed by atoms with Crippen LogP contribution in [0, 0.1) is 17.2 Å². The van der Waals surface area contributed by atoms with Gasteiger partial charge in [0.2, 0.25) is 0 Å². The van der Waals surface area contributed by atoms with Crippen LogP contribution in [0.25, 0.3) is 0 Å². The standard InChI is InChI=1S/C12H14N2O/c1-3-9-5-6-11(14-8-9)12(15)10(4-2)7-13/h5-6,8,10H,3-4H2,1-2H3. The van der Waals surface area contributed by atoms with Crippen LogP contribution >= 0.6 is 0 Å². The Labute approximate surface area is 89.8 Å². The van der Waals surface area contributed by atoms with Gasteiger partial charge in [-0.3, -0.25) is 9.78 Å². The van der Waals surface area contributed by atoms with Gasteiger partial charge in [0.1, 0.15) is 11.6 Å². The van der Waals surface area contributed by atoms with E-state index in [4.69, 9.17) is 5.26 Å². The third-order valence-electron chi connectivity index (χ3n) is 2.37. The first-order valence-electron chi connectivity index (χ1n) is 5.11. The highest BCUT2D eigenvalue weighted by atomic mass is 16.1. The second-order valence-electron chi connectivity index (χ2n) is 3.36. The van der Waals surface area contributed by atoms with Gasteiger partial charge < -0.3 is 0 Å². The average molecular weight is 202 g/mol. The average Bonchev–Trinajstić information content (AvgIpc) is 2.30. The van der Waals surface area contributed by atoms with Crippen molar-refractivity contribution in [1.82, 2.24) is 4.98 Å². The van der Waals surface area contributed by atoms with Crippen LogP contribution in [0.2, 0.25) is 0 Å². The summed E-state index contributed by atoms with van der Waals surface area (Å²) in [6.45, 7) is 3.86. The molecule has 0 aromatic carbocycles. The first-order chi connectivity index (χ1) is 7.22. The Balaban J connectivity index is 2.88. The van der Waals surface area contributed by atoms with Crippen LogP contribution in [0.5, 0.6) is 0 Å². The number of hydrogen-bond donors (Lipinski definition) is 0. The molecule has 78 valence electrons. The predicted molar refractivity (Wildman–Crippen MR) is 57.3 cm³/mol. The smallest absolute Gasteiger partial charge is 0.198 e. The summed E-state index contributed by atoms with van der Waals surface area (Å²) >= 11 is 0. The Bertz CT molecular complexity index is 376. The number of ketones is 1. The molecule has 3 heteroatoms. The fourth-order valence-corrected chi connectivity index (χ4v) is 1.29. The molecule has 0 N–H and O–H groups in total. The molecular weight excluding hydrogens is 188 g/mol. The molecule has 1 rings (SSSR count). The van der Waals surface area contributed by atoms with Crippen LogP contribution in [0.3, 0.4) is 0 Å². The van der Waals surface area contributed by atoms with Gasteiger partial charge in [-0.1, -0.05) is 19.9 Å². The molecule has 1 aromatic rings. The molecule has 0 saturated heterocycles. The number of aryl methyl sites for hydroxylation is 1. The van der Waals surface area contributed by atoms with Crippen LogP contribution < -0.4 is 0 Å². The molecule has 0 spiro atoms. The monoisotopic (exact) mass is 202 g/mol. The molecule has 0 bridgehead atoms. The predicted octanol–water partition coefficient (Wildman–Crippen LogP) is 2.38. The lowest BCUT2D eigenvalue weighted by atomic mass is 10.00. The summed E-state index contributed by atoms with van der Waals surface area (Å²) in [5.41, 5.74) is 1.48. The van der Waals surface area contributed by atoms with Crippen LogP contribution in [0.1, 0.15) is 36.3 Å². The van der Waals surface area contributed by atoms with Gasteiger partial charge in [-0.25, -0.2) is 0 Å². The molecule has 1 heterocycles. The summed E-state index contributed by atoms with van der Waals surface area (Å²) in [5, 5.41) is 8.76. The minimum atomic E-state index is -0.565. The lowest BCUT2D eigenvalue weighted by Gasteiger charge is -2.04. The Kier molecular flexibility index (Phi) is 3.99. The molecule has 0 radical (unpaired) electrons. The van der Waals surface area contributed by atoms with E-state index in [9.17, 15) is 4.79 Å². The van der Waals surface area contributed by atoms with E-state index in [1.54, 1.807) is 12.3 Å². The van der Waals surface area contributed by atoms with E-state index in [1.807, 2.05) is 26.0 Å². The van der Waals surface area contributed by atoms with Crippen LogP contribution in [0.15, 0.2) is 18.3 Å². The zero-order chi connectivity index (χ0) is 11.3. The van der Waals surface area contributed by atoms with Crippen molar-refractivity contribution < 1.29 is 4.79 Å². The Morgan fingerprint density at radius 3 is 2.67 bits per heavy atom. The molecule has 0 fully saturated rings. The quantitative estimate of drug-likeness (QED) is 0.704. The van der Waals surface area contributed by atoms with Gasteiger partial charge in [0.05, 0.1) is 6.07 Å². The molecule has 0 saturated carbocycles. The lowest BCUT2D eigenvalue weighted by molar-refractivity contribution is 0.0941. The van der Waals surface area contributed by atoms with E-state index in [2.05, 4.69) is 4.98 Å². The number of carbonyl (C=O) groups is 1. The van der Waals surface area contributed by atoms with E-state index >= 15 is 0 Å². The topological polar surface area (TPSA) is 53.8 Å². The summed E-state index contributed by atoms with van der Waals surface area (Å²) in [6.07, 6.45) is 3.13. The van der Waals surface area contributed by atoms with Crippen LogP contribution in [-0.2, 0) is 6.42 Å². The molecule has 1 atom stereocenters. The number of aromatic nitrogens is 1. The normalized spacial score (nSPS) is 11.8. The minimum Gasteiger partial charge on any atom is -0.291 e. The van der Waals surface area contributed by atoms with Gasteiger partial charge in [0.25, 0.3) is 0 Å². The van der Waals surface area contributed by atoms with E-state index in [-0.39, 0.29) is 5.78 Å². The first kappa shape index (κ1) is 11.4. The van der Waals surface area contributed by atoms with E-state index in [1.165, 1.54) is 0 Å². The highest BCUT2D eigenvalue weighted by molar-refractivity contribution is 5.97. The number of pyridine rings is 1. The van der Waals surface area contributed by atoms with Gasteiger partial charge >= 0.3 is 0 Å². The number of nitriles is 1. The van der Waals surface area contributed by atoms with E-state index < -0.39 is 5.92 Å². The van der Waals surface area contributed by atoms with Crippen molar-refractivity contribution in [3.63, 3.8) is 0 Å². The molecule has 0 aliphatic rings. The third kappa shape index (κ3) is 2.63.